The van der Waals surface area contributed by atoms with Gasteiger partial charge in [-0.05, 0) is 30.7 Å². The van der Waals surface area contributed by atoms with Crippen LogP contribution in [0.2, 0.25) is 5.02 Å². The Labute approximate surface area is 128 Å². The van der Waals surface area contributed by atoms with Crippen molar-refractivity contribution in [1.29, 1.82) is 0 Å². The smallest absolute Gasteiger partial charge is 0.258 e. The average Bonchev–Trinajstić information content (AvgIpc) is 2.67. The van der Waals surface area contributed by atoms with E-state index in [4.69, 9.17) is 11.6 Å². The SMILES string of the molecule is CC1(C)CCC(NS(=O)(=O)c2cc([N+](=O)[O-])ccc2Cl)C1. The molecule has 1 fully saturated rings. The second-order valence-electron chi connectivity index (χ2n) is 6.10. The Morgan fingerprint density at radius 2 is 2.10 bits per heavy atom. The zero-order valence-electron chi connectivity index (χ0n) is 11.8. The summed E-state index contributed by atoms with van der Waals surface area (Å²) in [5.74, 6) is 0. The Morgan fingerprint density at radius 3 is 2.62 bits per heavy atom. The molecule has 116 valence electrons. The number of hydrogen-bond donors (Lipinski definition) is 1. The first-order valence-electron chi connectivity index (χ1n) is 6.57. The lowest BCUT2D eigenvalue weighted by Gasteiger charge is -2.18. The van der Waals surface area contributed by atoms with Crippen LogP contribution in [0.1, 0.15) is 33.1 Å². The molecule has 1 N–H and O–H groups in total. The first-order valence-corrected chi connectivity index (χ1v) is 8.43. The summed E-state index contributed by atoms with van der Waals surface area (Å²) in [4.78, 5) is 9.88. The van der Waals surface area contributed by atoms with Crippen molar-refractivity contribution in [1.82, 2.24) is 4.72 Å². The van der Waals surface area contributed by atoms with E-state index in [1.165, 1.54) is 12.1 Å². The molecule has 0 radical (unpaired) electrons. The fraction of sp³-hybridized carbons (Fsp3) is 0.538. The van der Waals surface area contributed by atoms with Gasteiger partial charge in [-0.3, -0.25) is 10.1 Å². The number of nitrogens with one attached hydrogen (secondary N) is 1. The van der Waals surface area contributed by atoms with Crippen LogP contribution in [0, 0.1) is 15.5 Å². The van der Waals surface area contributed by atoms with E-state index in [0.29, 0.717) is 0 Å². The lowest BCUT2D eigenvalue weighted by Crippen LogP contribution is -2.33. The molecule has 0 aromatic heterocycles. The number of benzene rings is 1. The molecule has 1 aliphatic carbocycles. The van der Waals surface area contributed by atoms with Gasteiger partial charge >= 0.3 is 0 Å². The minimum atomic E-state index is -3.87. The molecule has 0 heterocycles. The Kier molecular flexibility index (Phi) is 4.28. The van der Waals surface area contributed by atoms with E-state index in [9.17, 15) is 18.5 Å². The van der Waals surface area contributed by atoms with Crippen molar-refractivity contribution in [2.75, 3.05) is 0 Å². The third-order valence-corrected chi connectivity index (χ3v) is 5.71. The van der Waals surface area contributed by atoms with Crippen LogP contribution in [-0.2, 0) is 10.0 Å². The fourth-order valence-electron chi connectivity index (χ4n) is 2.63. The van der Waals surface area contributed by atoms with E-state index in [2.05, 4.69) is 18.6 Å². The van der Waals surface area contributed by atoms with Crippen molar-refractivity contribution in [2.45, 2.75) is 44.0 Å². The minimum Gasteiger partial charge on any atom is -0.258 e. The summed E-state index contributed by atoms with van der Waals surface area (Å²) in [5, 5.41) is 10.7. The molecule has 0 amide bonds. The maximum atomic E-state index is 12.4. The number of nitro benzene ring substituents is 1. The van der Waals surface area contributed by atoms with Crippen molar-refractivity contribution in [2.24, 2.45) is 5.41 Å². The maximum Gasteiger partial charge on any atom is 0.270 e. The van der Waals surface area contributed by atoms with Crippen molar-refractivity contribution < 1.29 is 13.3 Å². The summed E-state index contributed by atoms with van der Waals surface area (Å²) in [6, 6.07) is 3.23. The van der Waals surface area contributed by atoms with Crippen LogP contribution in [0.3, 0.4) is 0 Å². The van der Waals surface area contributed by atoms with Gasteiger partial charge in [0.25, 0.3) is 5.69 Å². The van der Waals surface area contributed by atoms with Crippen molar-refractivity contribution >= 4 is 27.3 Å². The van der Waals surface area contributed by atoms with Crippen LogP contribution in [0.25, 0.3) is 0 Å². The number of nitro groups is 1. The van der Waals surface area contributed by atoms with Crippen molar-refractivity contribution in [3.8, 4) is 0 Å². The molecule has 6 nitrogen and oxygen atoms in total. The van der Waals surface area contributed by atoms with E-state index in [1.54, 1.807) is 0 Å². The lowest BCUT2D eigenvalue weighted by atomic mass is 9.92. The number of hydrogen-bond acceptors (Lipinski definition) is 4. The first kappa shape index (κ1) is 16.2. The molecule has 0 aliphatic heterocycles. The zero-order valence-corrected chi connectivity index (χ0v) is 13.4. The highest BCUT2D eigenvalue weighted by Crippen LogP contribution is 2.38. The highest BCUT2D eigenvalue weighted by molar-refractivity contribution is 7.89. The summed E-state index contributed by atoms with van der Waals surface area (Å²) in [7, 11) is -3.87. The molecule has 0 saturated heterocycles. The number of non-ortho nitro benzene ring substituents is 1. The molecule has 0 bridgehead atoms. The molecule has 1 saturated carbocycles. The van der Waals surface area contributed by atoms with Gasteiger partial charge in [0.15, 0.2) is 0 Å². The van der Waals surface area contributed by atoms with Gasteiger partial charge in [0.1, 0.15) is 4.90 Å². The molecule has 8 heteroatoms. The number of sulfonamides is 1. The van der Waals surface area contributed by atoms with Crippen LogP contribution >= 0.6 is 11.6 Å². The second kappa shape index (κ2) is 5.55. The summed E-state index contributed by atoms with van der Waals surface area (Å²) in [5.41, 5.74) is -0.203. The average molecular weight is 333 g/mol. The maximum absolute atomic E-state index is 12.4. The first-order chi connectivity index (χ1) is 9.61. The second-order valence-corrected chi connectivity index (χ2v) is 8.19. The molecule has 1 aliphatic rings. The van der Waals surface area contributed by atoms with Crippen LogP contribution in [0.5, 0.6) is 0 Å². The Morgan fingerprint density at radius 1 is 1.43 bits per heavy atom. The van der Waals surface area contributed by atoms with E-state index < -0.39 is 14.9 Å². The van der Waals surface area contributed by atoms with Gasteiger partial charge in [0.05, 0.1) is 9.95 Å². The minimum absolute atomic E-state index is 0.0228. The summed E-state index contributed by atoms with van der Waals surface area (Å²) >= 11 is 5.89. The van der Waals surface area contributed by atoms with Crippen molar-refractivity contribution in [3.05, 3.63) is 33.3 Å². The number of halogens is 1. The molecule has 0 spiro atoms. The third kappa shape index (κ3) is 3.72. The lowest BCUT2D eigenvalue weighted by molar-refractivity contribution is -0.385. The van der Waals surface area contributed by atoms with Gasteiger partial charge in [0.2, 0.25) is 10.0 Å². The summed E-state index contributed by atoms with van der Waals surface area (Å²) in [6.07, 6.45) is 2.42. The summed E-state index contributed by atoms with van der Waals surface area (Å²) < 4.78 is 27.4. The molecule has 1 aromatic rings. The quantitative estimate of drug-likeness (QED) is 0.677. The van der Waals surface area contributed by atoms with Gasteiger partial charge in [-0.2, -0.15) is 0 Å². The molecule has 21 heavy (non-hydrogen) atoms. The predicted molar refractivity (Wildman–Crippen MR) is 79.8 cm³/mol. The predicted octanol–water partition coefficient (Wildman–Crippen LogP) is 3.11. The Bertz CT molecular complexity index is 673. The van der Waals surface area contributed by atoms with E-state index in [0.717, 1.165) is 25.3 Å². The Hall–Kier alpha value is -1.18. The van der Waals surface area contributed by atoms with Gasteiger partial charge in [-0.25, -0.2) is 13.1 Å². The number of rotatable bonds is 4. The Balaban J connectivity index is 2.28. The summed E-state index contributed by atoms with van der Waals surface area (Å²) in [6.45, 7) is 4.17. The molecule has 1 atom stereocenters. The molecular formula is C13H17ClN2O4S. The molecular weight excluding hydrogens is 316 g/mol. The van der Waals surface area contributed by atoms with Crippen LogP contribution in [0.15, 0.2) is 23.1 Å². The monoisotopic (exact) mass is 332 g/mol. The topological polar surface area (TPSA) is 89.3 Å². The highest BCUT2D eigenvalue weighted by atomic mass is 35.5. The molecule has 2 rings (SSSR count). The normalized spacial score (nSPS) is 21.4. The fourth-order valence-corrected chi connectivity index (χ4v) is 4.42. The van der Waals surface area contributed by atoms with Crippen LogP contribution in [0.4, 0.5) is 5.69 Å². The van der Waals surface area contributed by atoms with E-state index in [-0.39, 0.29) is 27.1 Å². The molecule has 1 aromatic carbocycles. The van der Waals surface area contributed by atoms with Gasteiger partial charge < -0.3 is 0 Å². The molecule has 1 unspecified atom stereocenters. The largest absolute Gasteiger partial charge is 0.270 e. The van der Waals surface area contributed by atoms with Crippen LogP contribution in [-0.4, -0.2) is 19.4 Å². The van der Waals surface area contributed by atoms with Gasteiger partial charge in [0, 0.05) is 18.2 Å². The standard InChI is InChI=1S/C13H17ClN2O4S/c1-13(2)6-5-9(8-13)15-21(19,20)12-7-10(16(17)18)3-4-11(12)14/h3-4,7,9,15H,5-6,8H2,1-2H3. The highest BCUT2D eigenvalue weighted by Gasteiger charge is 2.34. The van der Waals surface area contributed by atoms with Gasteiger partial charge in [-0.1, -0.05) is 25.4 Å². The van der Waals surface area contributed by atoms with Gasteiger partial charge in [-0.15, -0.1) is 0 Å². The van der Waals surface area contributed by atoms with E-state index >= 15 is 0 Å². The van der Waals surface area contributed by atoms with E-state index in [1.807, 2.05) is 0 Å². The number of nitrogens with zero attached hydrogens (tertiary/aromatic N) is 1. The van der Waals surface area contributed by atoms with Crippen molar-refractivity contribution in [3.63, 3.8) is 0 Å². The third-order valence-electron chi connectivity index (χ3n) is 3.71. The zero-order chi connectivity index (χ0) is 15.8. The van der Waals surface area contributed by atoms with Crippen LogP contribution < -0.4 is 4.72 Å².